The molecule has 2 aliphatic carbocycles. The molecule has 1 aromatic rings. The zero-order valence-corrected chi connectivity index (χ0v) is 23.7. The van der Waals surface area contributed by atoms with Crippen molar-refractivity contribution in [2.45, 2.75) is 91.6 Å². The third-order valence-electron chi connectivity index (χ3n) is 12.0. The van der Waals surface area contributed by atoms with E-state index in [2.05, 4.69) is 6.92 Å². The average Bonchev–Trinajstić information content (AvgIpc) is 3.46. The molecular weight excluding hydrogens is 504 g/mol. The van der Waals surface area contributed by atoms with Crippen molar-refractivity contribution >= 4 is 23.7 Å². The Morgan fingerprint density at radius 3 is 2.46 bits per heavy atom. The maximum atomic E-state index is 15.0. The fourth-order valence-electron chi connectivity index (χ4n) is 10.1. The summed E-state index contributed by atoms with van der Waals surface area (Å²) in [6.45, 7) is 13.1. The van der Waals surface area contributed by atoms with E-state index < -0.39 is 63.4 Å². The first-order valence-electron chi connectivity index (χ1n) is 13.9. The zero-order chi connectivity index (χ0) is 28.3. The predicted octanol–water partition coefficient (Wildman–Crippen LogP) is 4.18. The van der Waals surface area contributed by atoms with Crippen molar-refractivity contribution in [1.29, 1.82) is 0 Å². The molecule has 10 atom stereocenters. The number of Topliss-reactive ketones (excluding diaryl/α,β-unsaturated/α-hetero) is 1. The van der Waals surface area contributed by atoms with Gasteiger partial charge in [-0.05, 0) is 38.7 Å². The molecule has 212 valence electrons. The Morgan fingerprint density at radius 2 is 1.82 bits per heavy atom. The van der Waals surface area contributed by atoms with Gasteiger partial charge in [0.25, 0.3) is 0 Å². The molecule has 6 rings (SSSR count). The van der Waals surface area contributed by atoms with E-state index >= 15 is 4.79 Å². The van der Waals surface area contributed by atoms with Gasteiger partial charge in [-0.15, -0.1) is 0 Å². The zero-order valence-electron chi connectivity index (χ0n) is 23.7. The fourth-order valence-corrected chi connectivity index (χ4v) is 10.1. The number of esters is 3. The van der Waals surface area contributed by atoms with Crippen LogP contribution in [0.3, 0.4) is 0 Å². The minimum atomic E-state index is -1.14. The van der Waals surface area contributed by atoms with Gasteiger partial charge in [0, 0.05) is 40.1 Å². The normalized spacial score (nSPS) is 48.1. The summed E-state index contributed by atoms with van der Waals surface area (Å²) in [7, 11) is 0. The smallest absolute Gasteiger partial charge is 0.309 e. The molecule has 2 saturated carbocycles. The highest BCUT2D eigenvalue weighted by Gasteiger charge is 2.83. The van der Waals surface area contributed by atoms with Crippen LogP contribution in [0.2, 0.25) is 0 Å². The highest BCUT2D eigenvalue weighted by molar-refractivity contribution is 5.94. The van der Waals surface area contributed by atoms with E-state index in [9.17, 15) is 14.4 Å². The molecule has 1 spiro atoms. The summed E-state index contributed by atoms with van der Waals surface area (Å²) in [5, 5.41) is 0. The van der Waals surface area contributed by atoms with Gasteiger partial charge in [-0.2, -0.15) is 0 Å². The Morgan fingerprint density at radius 1 is 1.10 bits per heavy atom. The summed E-state index contributed by atoms with van der Waals surface area (Å²) < 4.78 is 29.7. The van der Waals surface area contributed by atoms with Crippen molar-refractivity contribution in [3.05, 3.63) is 24.2 Å². The summed E-state index contributed by atoms with van der Waals surface area (Å²) >= 11 is 0. The van der Waals surface area contributed by atoms with Crippen molar-refractivity contribution in [3.8, 4) is 0 Å². The molecule has 3 aliphatic heterocycles. The van der Waals surface area contributed by atoms with Crippen LogP contribution in [0.4, 0.5) is 0 Å². The number of fused-ring (bicyclic) bond motifs is 3. The monoisotopic (exact) mass is 542 g/mol. The Bertz CT molecular complexity index is 1250. The van der Waals surface area contributed by atoms with Crippen LogP contribution < -0.4 is 0 Å². The summed E-state index contributed by atoms with van der Waals surface area (Å²) in [4.78, 5) is 53.6. The summed E-state index contributed by atoms with van der Waals surface area (Å²) in [6, 6.07) is 1.80. The fraction of sp³-hybridized carbons (Fsp3) is 0.733. The number of carbonyl (C=O) groups is 4. The highest BCUT2D eigenvalue weighted by Crippen LogP contribution is 2.78. The molecule has 0 radical (unpaired) electrons. The van der Waals surface area contributed by atoms with Gasteiger partial charge in [-0.1, -0.05) is 27.7 Å². The van der Waals surface area contributed by atoms with Gasteiger partial charge in [0.15, 0.2) is 11.9 Å². The van der Waals surface area contributed by atoms with Crippen LogP contribution >= 0.6 is 0 Å². The number of ketones is 1. The minimum Gasteiger partial charge on any atom is -0.472 e. The molecule has 39 heavy (non-hydrogen) atoms. The first-order valence-corrected chi connectivity index (χ1v) is 13.9. The molecule has 5 aliphatic rings. The molecule has 9 nitrogen and oxygen atoms in total. The SMILES string of the molecule is CC(=O)O[C@@H]1C(=O)[C@@]2(C)[C@H](CC[C@]3(C)[C@@H](c4ccoc4)OC(=O)[C@H](C)[C@@]23C)[C@@]23COC(=O)C[C@@H]2OC(C)(C)[C@H]13. The van der Waals surface area contributed by atoms with E-state index in [1.165, 1.54) is 6.92 Å². The highest BCUT2D eigenvalue weighted by atomic mass is 16.6. The van der Waals surface area contributed by atoms with E-state index in [-0.39, 0.29) is 36.7 Å². The van der Waals surface area contributed by atoms with Crippen molar-refractivity contribution in [1.82, 2.24) is 0 Å². The van der Waals surface area contributed by atoms with Crippen LogP contribution in [0, 0.1) is 39.4 Å². The Balaban J connectivity index is 1.61. The van der Waals surface area contributed by atoms with Crippen molar-refractivity contribution in [2.75, 3.05) is 6.61 Å². The van der Waals surface area contributed by atoms with Gasteiger partial charge in [-0.3, -0.25) is 19.2 Å². The van der Waals surface area contributed by atoms with E-state index in [1.54, 1.807) is 18.6 Å². The van der Waals surface area contributed by atoms with Gasteiger partial charge in [0.1, 0.15) is 12.7 Å². The molecule has 9 heteroatoms. The van der Waals surface area contributed by atoms with Crippen LogP contribution in [0.1, 0.15) is 79.4 Å². The van der Waals surface area contributed by atoms with Gasteiger partial charge in [0.2, 0.25) is 0 Å². The summed E-state index contributed by atoms with van der Waals surface area (Å²) in [5.41, 5.74) is -3.57. The third-order valence-corrected chi connectivity index (χ3v) is 12.0. The third kappa shape index (κ3) is 2.95. The molecule has 0 unspecified atom stereocenters. The second-order valence-electron chi connectivity index (χ2n) is 13.6. The van der Waals surface area contributed by atoms with E-state index in [4.69, 9.17) is 23.4 Å². The standard InChI is InChI=1S/C30H38O9/c1-15-25(34)38-24(17-9-11-35-13-17)27(5)10-8-18-28(6,29(15,27)7)23(33)21(37-16(2)31)22-26(3,4)39-19-12-20(32)36-14-30(18,19)22/h9,11,13,15,18-19,21-22,24H,8,10,12,14H2,1-7H3/t15-,18-,19-,21-,22-,24+,27+,28+,29+,30-/m0/s1. The second-order valence-corrected chi connectivity index (χ2v) is 13.6. The lowest BCUT2D eigenvalue weighted by Crippen LogP contribution is -2.77. The average molecular weight is 543 g/mol. The number of rotatable bonds is 2. The lowest BCUT2D eigenvalue weighted by molar-refractivity contribution is -0.284. The van der Waals surface area contributed by atoms with Crippen LogP contribution in [-0.4, -0.2) is 48.1 Å². The van der Waals surface area contributed by atoms with Gasteiger partial charge in [0.05, 0.1) is 36.6 Å². The maximum Gasteiger partial charge on any atom is 0.309 e. The molecular formula is C30H38O9. The second kappa shape index (κ2) is 7.95. The number of hydrogen-bond acceptors (Lipinski definition) is 9. The van der Waals surface area contributed by atoms with E-state index in [1.807, 2.05) is 34.6 Å². The van der Waals surface area contributed by atoms with Crippen LogP contribution in [0.5, 0.6) is 0 Å². The molecule has 0 aromatic carbocycles. The van der Waals surface area contributed by atoms with Crippen LogP contribution in [0.25, 0.3) is 0 Å². The Kier molecular flexibility index (Phi) is 5.41. The van der Waals surface area contributed by atoms with Crippen LogP contribution in [0.15, 0.2) is 23.0 Å². The summed E-state index contributed by atoms with van der Waals surface area (Å²) in [6.07, 6.45) is 2.28. The molecule has 5 fully saturated rings. The van der Waals surface area contributed by atoms with E-state index in [0.717, 1.165) is 5.56 Å². The van der Waals surface area contributed by atoms with Gasteiger partial charge < -0.3 is 23.4 Å². The lowest BCUT2D eigenvalue weighted by atomic mass is 9.31. The number of cyclic esters (lactones) is 2. The molecule has 4 heterocycles. The van der Waals surface area contributed by atoms with Gasteiger partial charge in [-0.25, -0.2) is 0 Å². The quantitative estimate of drug-likeness (QED) is 0.400. The number of hydrogen-bond donors (Lipinski definition) is 0. The topological polar surface area (TPSA) is 118 Å². The molecule has 0 N–H and O–H groups in total. The number of carbonyl (C=O) groups excluding carboxylic acids is 4. The molecule has 0 bridgehead atoms. The van der Waals surface area contributed by atoms with Crippen molar-refractivity contribution in [2.24, 2.45) is 39.4 Å². The predicted molar refractivity (Wildman–Crippen MR) is 135 cm³/mol. The first kappa shape index (κ1) is 26.5. The molecule has 3 saturated heterocycles. The van der Waals surface area contributed by atoms with E-state index in [0.29, 0.717) is 12.8 Å². The van der Waals surface area contributed by atoms with Gasteiger partial charge >= 0.3 is 17.9 Å². The van der Waals surface area contributed by atoms with Crippen LogP contribution in [-0.2, 0) is 38.1 Å². The molecule has 1 aromatic heterocycles. The summed E-state index contributed by atoms with van der Waals surface area (Å²) in [5.74, 6) is -2.91. The Labute approximate surface area is 228 Å². The molecule has 0 amide bonds. The maximum absolute atomic E-state index is 15.0. The number of furan rings is 1. The lowest BCUT2D eigenvalue weighted by Gasteiger charge is -2.72. The number of ether oxygens (including phenoxy) is 4. The minimum absolute atomic E-state index is 0.0662. The Hall–Kier alpha value is -2.68. The van der Waals surface area contributed by atoms with Crippen molar-refractivity contribution in [3.63, 3.8) is 0 Å². The van der Waals surface area contributed by atoms with Crippen molar-refractivity contribution < 1.29 is 42.5 Å². The largest absolute Gasteiger partial charge is 0.472 e. The first-order chi connectivity index (χ1) is 18.2.